The fourth-order valence-electron chi connectivity index (χ4n) is 2.44. The molecule has 0 saturated carbocycles. The number of rotatable bonds is 1. The maximum atomic E-state index is 9.00. The summed E-state index contributed by atoms with van der Waals surface area (Å²) in [4.78, 5) is 9.00. The molecule has 0 aromatic heterocycles. The first-order valence-electron chi connectivity index (χ1n) is 7.99. The molecule has 0 amide bonds. The first-order chi connectivity index (χ1) is 12.5. The molecular formula is C22H19BrO3. The zero-order valence-electron chi connectivity index (χ0n) is 14.6. The number of allylic oxidation sites excluding steroid dienone is 3. The number of hydrogen-bond donors (Lipinski definition) is 1. The Balaban J connectivity index is 0.000000552. The number of methoxy groups -OCH3 is 1. The summed E-state index contributed by atoms with van der Waals surface area (Å²) in [5.41, 5.74) is 5.61. The van der Waals surface area contributed by atoms with E-state index in [0.29, 0.717) is 0 Å². The molecule has 0 fully saturated rings. The highest BCUT2D eigenvalue weighted by molar-refractivity contribution is 9.10. The van der Waals surface area contributed by atoms with Crippen LogP contribution in [0.25, 0.3) is 5.57 Å². The van der Waals surface area contributed by atoms with Gasteiger partial charge in [0.05, 0.1) is 13.4 Å². The van der Waals surface area contributed by atoms with E-state index in [4.69, 9.17) is 14.6 Å². The van der Waals surface area contributed by atoms with E-state index in [1.807, 2.05) is 24.3 Å². The van der Waals surface area contributed by atoms with E-state index in [9.17, 15) is 0 Å². The summed E-state index contributed by atoms with van der Waals surface area (Å²) in [5, 5.41) is 7.42. The van der Waals surface area contributed by atoms with Crippen LogP contribution in [0.5, 0.6) is 0 Å². The van der Waals surface area contributed by atoms with Crippen LogP contribution in [0.3, 0.4) is 0 Å². The second-order valence-electron chi connectivity index (χ2n) is 5.57. The molecule has 0 radical (unpaired) electrons. The quantitative estimate of drug-likeness (QED) is 0.528. The van der Waals surface area contributed by atoms with Gasteiger partial charge in [0.25, 0.3) is 5.97 Å². The number of hydrogen-bond acceptors (Lipinski definition) is 2. The zero-order chi connectivity index (χ0) is 18.9. The third kappa shape index (κ3) is 5.94. The molecule has 0 saturated heterocycles. The minimum Gasteiger partial charge on any atom is -0.504 e. The van der Waals surface area contributed by atoms with Crippen LogP contribution in [-0.4, -0.2) is 18.2 Å². The van der Waals surface area contributed by atoms with Crippen molar-refractivity contribution in [3.63, 3.8) is 0 Å². The number of benzene rings is 2. The molecule has 2 aromatic rings. The predicted molar refractivity (Wildman–Crippen MR) is 108 cm³/mol. The Hall–Kier alpha value is -2.77. The first-order valence-corrected chi connectivity index (χ1v) is 8.79. The van der Waals surface area contributed by atoms with Crippen LogP contribution in [0.15, 0.2) is 65.4 Å². The van der Waals surface area contributed by atoms with E-state index in [2.05, 4.69) is 58.1 Å². The zero-order valence-corrected chi connectivity index (χ0v) is 16.2. The number of aliphatic carboxylic acids is 1. The summed E-state index contributed by atoms with van der Waals surface area (Å²) < 4.78 is 6.21. The Morgan fingerprint density at radius 3 is 2.54 bits per heavy atom. The maximum absolute atomic E-state index is 9.00. The minimum absolute atomic E-state index is 0.833. The van der Waals surface area contributed by atoms with Gasteiger partial charge in [0, 0.05) is 28.1 Å². The van der Waals surface area contributed by atoms with Crippen LogP contribution < -0.4 is 0 Å². The van der Waals surface area contributed by atoms with E-state index in [1.54, 1.807) is 13.4 Å². The Bertz CT molecular complexity index is 910. The SMILES string of the molecule is CC(=O)O.COC=C1C=CCc2ccc(C#Cc3cccc(Br)c3)cc21. The van der Waals surface area contributed by atoms with Crippen LogP contribution in [-0.2, 0) is 16.0 Å². The van der Waals surface area contributed by atoms with Gasteiger partial charge in [0.1, 0.15) is 0 Å². The summed E-state index contributed by atoms with van der Waals surface area (Å²) in [7, 11) is 1.67. The van der Waals surface area contributed by atoms with Gasteiger partial charge in [-0.25, -0.2) is 0 Å². The van der Waals surface area contributed by atoms with Crippen molar-refractivity contribution in [2.24, 2.45) is 0 Å². The number of carboxylic acids is 1. The minimum atomic E-state index is -0.833. The van der Waals surface area contributed by atoms with Crippen molar-refractivity contribution in [3.05, 3.63) is 87.6 Å². The van der Waals surface area contributed by atoms with Crippen molar-refractivity contribution >= 4 is 27.5 Å². The molecule has 0 atom stereocenters. The van der Waals surface area contributed by atoms with Gasteiger partial charge in [0.2, 0.25) is 0 Å². The molecule has 0 spiro atoms. The second kappa shape index (κ2) is 9.65. The third-order valence-electron chi connectivity index (χ3n) is 3.48. The summed E-state index contributed by atoms with van der Waals surface area (Å²) in [6.07, 6.45) is 6.98. The predicted octanol–water partition coefficient (Wildman–Crippen LogP) is 5.04. The lowest BCUT2D eigenvalue weighted by molar-refractivity contribution is -0.134. The molecular weight excluding hydrogens is 392 g/mol. The topological polar surface area (TPSA) is 46.5 Å². The lowest BCUT2D eigenvalue weighted by Crippen LogP contribution is -1.97. The van der Waals surface area contributed by atoms with Crippen molar-refractivity contribution < 1.29 is 14.6 Å². The lowest BCUT2D eigenvalue weighted by atomic mass is 9.91. The molecule has 0 aliphatic heterocycles. The highest BCUT2D eigenvalue weighted by Crippen LogP contribution is 2.26. The van der Waals surface area contributed by atoms with Gasteiger partial charge in [-0.15, -0.1) is 0 Å². The van der Waals surface area contributed by atoms with Gasteiger partial charge in [-0.3, -0.25) is 4.79 Å². The average molecular weight is 411 g/mol. The highest BCUT2D eigenvalue weighted by Gasteiger charge is 2.10. The fourth-order valence-corrected chi connectivity index (χ4v) is 2.84. The number of halogens is 1. The Kier molecular flexibility index (Phi) is 7.25. The van der Waals surface area contributed by atoms with Crippen LogP contribution >= 0.6 is 15.9 Å². The Morgan fingerprint density at radius 2 is 1.88 bits per heavy atom. The molecule has 4 heteroatoms. The van der Waals surface area contributed by atoms with Crippen LogP contribution in [0.2, 0.25) is 0 Å². The summed E-state index contributed by atoms with van der Waals surface area (Å²) in [6, 6.07) is 14.4. The number of carboxylic acid groups (broad SMARTS) is 1. The molecule has 0 unspecified atom stereocenters. The lowest BCUT2D eigenvalue weighted by Gasteiger charge is -2.14. The van der Waals surface area contributed by atoms with E-state index in [1.165, 1.54) is 11.1 Å². The third-order valence-corrected chi connectivity index (χ3v) is 3.97. The Labute approximate surface area is 162 Å². The van der Waals surface area contributed by atoms with Crippen molar-refractivity contribution in [2.45, 2.75) is 13.3 Å². The van der Waals surface area contributed by atoms with Crippen molar-refractivity contribution in [1.82, 2.24) is 0 Å². The fraction of sp³-hybridized carbons (Fsp3) is 0.136. The van der Waals surface area contributed by atoms with Crippen LogP contribution in [0.1, 0.15) is 29.2 Å². The summed E-state index contributed by atoms with van der Waals surface area (Å²) in [6.45, 7) is 1.08. The van der Waals surface area contributed by atoms with Gasteiger partial charge >= 0.3 is 0 Å². The van der Waals surface area contributed by atoms with Crippen molar-refractivity contribution in [3.8, 4) is 11.8 Å². The van der Waals surface area contributed by atoms with E-state index in [-0.39, 0.29) is 0 Å². The van der Waals surface area contributed by atoms with E-state index < -0.39 is 5.97 Å². The van der Waals surface area contributed by atoms with Gasteiger partial charge in [-0.05, 0) is 47.9 Å². The first kappa shape index (κ1) is 19.6. The van der Waals surface area contributed by atoms with Gasteiger partial charge in [0.15, 0.2) is 0 Å². The van der Waals surface area contributed by atoms with Crippen molar-refractivity contribution in [1.29, 1.82) is 0 Å². The number of fused-ring (bicyclic) bond motifs is 1. The van der Waals surface area contributed by atoms with Gasteiger partial charge in [-0.2, -0.15) is 0 Å². The molecule has 0 bridgehead atoms. The molecule has 2 aromatic carbocycles. The molecule has 26 heavy (non-hydrogen) atoms. The number of ether oxygens (including phenoxy) is 1. The normalized spacial score (nSPS) is 13.0. The van der Waals surface area contributed by atoms with Crippen LogP contribution in [0.4, 0.5) is 0 Å². The molecule has 1 aliphatic rings. The van der Waals surface area contributed by atoms with Gasteiger partial charge < -0.3 is 9.84 Å². The average Bonchev–Trinajstić information content (AvgIpc) is 2.60. The monoisotopic (exact) mass is 410 g/mol. The Morgan fingerprint density at radius 1 is 1.19 bits per heavy atom. The molecule has 0 heterocycles. The largest absolute Gasteiger partial charge is 0.504 e. The van der Waals surface area contributed by atoms with Gasteiger partial charge in [-0.1, -0.05) is 52.1 Å². The molecule has 132 valence electrons. The molecule has 1 aliphatic carbocycles. The van der Waals surface area contributed by atoms with Crippen LogP contribution in [0, 0.1) is 11.8 Å². The summed E-state index contributed by atoms with van der Waals surface area (Å²) in [5.74, 6) is 5.61. The van der Waals surface area contributed by atoms with E-state index in [0.717, 1.165) is 34.5 Å². The molecule has 3 rings (SSSR count). The smallest absolute Gasteiger partial charge is 0.300 e. The molecule has 1 N–H and O–H groups in total. The maximum Gasteiger partial charge on any atom is 0.300 e. The van der Waals surface area contributed by atoms with E-state index >= 15 is 0 Å². The van der Waals surface area contributed by atoms with Crippen molar-refractivity contribution in [2.75, 3.05) is 7.11 Å². The standard InChI is InChI=1S/C20H15BrO.C2H4O2/c1-22-14-18-6-3-5-17-11-10-16(13-20(17)18)9-8-15-4-2-7-19(21)12-15;1-2(3)4/h2-4,6-7,10-14H,5H2,1H3;1H3,(H,3,4). The number of carbonyl (C=O) groups is 1. The molecule has 3 nitrogen and oxygen atoms in total. The summed E-state index contributed by atoms with van der Waals surface area (Å²) >= 11 is 3.47. The second-order valence-corrected chi connectivity index (χ2v) is 6.48. The highest BCUT2D eigenvalue weighted by atomic mass is 79.9.